The number of amides is 3. The topological polar surface area (TPSA) is 66.5 Å². The SMILES string of the molecule is CC.Cc1cccc2c1CN(C(C)CCC(=O)NC=O)C2=O. The molecule has 0 saturated carbocycles. The van der Waals surface area contributed by atoms with Crippen LogP contribution in [0.4, 0.5) is 0 Å². The van der Waals surface area contributed by atoms with Crippen LogP contribution in [0.2, 0.25) is 0 Å². The molecule has 0 aliphatic carbocycles. The van der Waals surface area contributed by atoms with Crippen LogP contribution in [0.25, 0.3) is 0 Å². The van der Waals surface area contributed by atoms with E-state index >= 15 is 0 Å². The summed E-state index contributed by atoms with van der Waals surface area (Å²) in [6.45, 7) is 8.52. The van der Waals surface area contributed by atoms with Gasteiger partial charge in [0.15, 0.2) is 0 Å². The van der Waals surface area contributed by atoms with Crippen molar-refractivity contribution in [3.05, 3.63) is 34.9 Å². The van der Waals surface area contributed by atoms with Crippen molar-refractivity contribution in [1.29, 1.82) is 0 Å². The average molecular weight is 304 g/mol. The summed E-state index contributed by atoms with van der Waals surface area (Å²) in [4.78, 5) is 35.5. The van der Waals surface area contributed by atoms with E-state index in [-0.39, 0.29) is 24.3 Å². The number of carbonyl (C=O) groups is 3. The van der Waals surface area contributed by atoms with Gasteiger partial charge in [0.25, 0.3) is 5.91 Å². The number of aryl methyl sites for hydroxylation is 1. The highest BCUT2D eigenvalue weighted by atomic mass is 16.2. The molecule has 0 saturated heterocycles. The maximum Gasteiger partial charge on any atom is 0.254 e. The summed E-state index contributed by atoms with van der Waals surface area (Å²) in [5.74, 6) is -0.292. The van der Waals surface area contributed by atoms with E-state index in [1.165, 1.54) is 0 Å². The molecule has 120 valence electrons. The van der Waals surface area contributed by atoms with E-state index in [2.05, 4.69) is 5.32 Å². The first-order chi connectivity index (χ1) is 10.5. The smallest absolute Gasteiger partial charge is 0.254 e. The van der Waals surface area contributed by atoms with E-state index < -0.39 is 0 Å². The molecule has 1 aliphatic rings. The van der Waals surface area contributed by atoms with Crippen molar-refractivity contribution < 1.29 is 14.4 Å². The second kappa shape index (κ2) is 8.32. The van der Waals surface area contributed by atoms with Crippen LogP contribution >= 0.6 is 0 Å². The summed E-state index contributed by atoms with van der Waals surface area (Å²) in [5.41, 5.74) is 2.94. The molecule has 22 heavy (non-hydrogen) atoms. The first-order valence-corrected chi connectivity index (χ1v) is 7.67. The van der Waals surface area contributed by atoms with E-state index in [1.54, 1.807) is 4.90 Å². The van der Waals surface area contributed by atoms with Crippen molar-refractivity contribution >= 4 is 18.2 Å². The van der Waals surface area contributed by atoms with Crippen molar-refractivity contribution in [2.45, 2.75) is 53.1 Å². The summed E-state index contributed by atoms with van der Waals surface area (Å²) in [6, 6.07) is 5.69. The van der Waals surface area contributed by atoms with Crippen LogP contribution in [0.3, 0.4) is 0 Å². The molecule has 1 aromatic carbocycles. The molecule has 0 radical (unpaired) electrons. The van der Waals surface area contributed by atoms with Gasteiger partial charge in [-0.25, -0.2) is 0 Å². The summed E-state index contributed by atoms with van der Waals surface area (Å²) in [7, 11) is 0. The normalized spacial score (nSPS) is 13.8. The number of carbonyl (C=O) groups excluding carboxylic acids is 3. The highest BCUT2D eigenvalue weighted by molar-refractivity contribution is 5.99. The van der Waals surface area contributed by atoms with Crippen LogP contribution in [0.1, 0.15) is 55.1 Å². The van der Waals surface area contributed by atoms with E-state index in [0.29, 0.717) is 19.4 Å². The fourth-order valence-electron chi connectivity index (χ4n) is 2.50. The minimum Gasteiger partial charge on any atom is -0.332 e. The Morgan fingerprint density at radius 1 is 1.41 bits per heavy atom. The van der Waals surface area contributed by atoms with Crippen LogP contribution in [-0.4, -0.2) is 29.2 Å². The van der Waals surface area contributed by atoms with Gasteiger partial charge in [-0.3, -0.25) is 19.7 Å². The molecule has 1 unspecified atom stereocenters. The number of nitrogens with one attached hydrogen (secondary N) is 1. The molecule has 1 aliphatic heterocycles. The largest absolute Gasteiger partial charge is 0.332 e. The van der Waals surface area contributed by atoms with E-state index in [9.17, 15) is 14.4 Å². The molecule has 5 nitrogen and oxygen atoms in total. The lowest BCUT2D eigenvalue weighted by molar-refractivity contribution is -0.125. The van der Waals surface area contributed by atoms with Gasteiger partial charge in [0, 0.05) is 24.6 Å². The molecule has 0 spiro atoms. The molecule has 5 heteroatoms. The molecule has 1 atom stereocenters. The fourth-order valence-corrected chi connectivity index (χ4v) is 2.50. The third kappa shape index (κ3) is 3.93. The molecule has 1 N–H and O–H groups in total. The molecular formula is C17H24N2O3. The molecular weight excluding hydrogens is 280 g/mol. The molecule has 1 aromatic rings. The summed E-state index contributed by atoms with van der Waals surface area (Å²) in [5, 5.41) is 2.11. The summed E-state index contributed by atoms with van der Waals surface area (Å²) in [6.07, 6.45) is 1.16. The molecule has 2 rings (SSSR count). The first-order valence-electron chi connectivity index (χ1n) is 7.67. The van der Waals surface area contributed by atoms with Crippen LogP contribution in [0, 0.1) is 6.92 Å². The Morgan fingerprint density at radius 3 is 2.68 bits per heavy atom. The van der Waals surface area contributed by atoms with Gasteiger partial charge < -0.3 is 4.90 Å². The third-order valence-corrected chi connectivity index (χ3v) is 3.77. The zero-order chi connectivity index (χ0) is 16.7. The van der Waals surface area contributed by atoms with Crippen LogP contribution < -0.4 is 5.32 Å². The van der Waals surface area contributed by atoms with Crippen LogP contribution in [0.15, 0.2) is 18.2 Å². The molecule has 0 fully saturated rings. The van der Waals surface area contributed by atoms with E-state index in [0.717, 1.165) is 16.7 Å². The van der Waals surface area contributed by atoms with E-state index in [1.807, 2.05) is 45.9 Å². The molecule has 1 heterocycles. The Morgan fingerprint density at radius 2 is 2.09 bits per heavy atom. The first kappa shape index (κ1) is 17.9. The van der Waals surface area contributed by atoms with Crippen molar-refractivity contribution in [3.8, 4) is 0 Å². The molecule has 0 aromatic heterocycles. The Labute approximate surface area is 131 Å². The van der Waals surface area contributed by atoms with Gasteiger partial charge >= 0.3 is 0 Å². The maximum atomic E-state index is 12.3. The number of rotatable bonds is 5. The number of hydrogen-bond donors (Lipinski definition) is 1. The van der Waals surface area contributed by atoms with Gasteiger partial charge in [-0.05, 0) is 37.5 Å². The number of nitrogens with zero attached hydrogens (tertiary/aromatic N) is 1. The van der Waals surface area contributed by atoms with Crippen molar-refractivity contribution in [3.63, 3.8) is 0 Å². The standard InChI is InChI=1S/C15H18N2O3.C2H6/c1-10-4-3-5-12-13(10)8-17(15(12)20)11(2)6-7-14(19)16-9-18;1-2/h3-5,9,11H,6-8H2,1-2H3,(H,16,18,19);1-2H3. The minimum atomic E-state index is -0.313. The zero-order valence-corrected chi connectivity index (χ0v) is 13.7. The van der Waals surface area contributed by atoms with Gasteiger partial charge in [0.1, 0.15) is 0 Å². The average Bonchev–Trinajstić information content (AvgIpc) is 2.86. The third-order valence-electron chi connectivity index (χ3n) is 3.77. The minimum absolute atomic E-state index is 0.0204. The lowest BCUT2D eigenvalue weighted by Crippen LogP contribution is -2.34. The molecule has 3 amide bonds. The van der Waals surface area contributed by atoms with Crippen LogP contribution in [0.5, 0.6) is 0 Å². The van der Waals surface area contributed by atoms with Crippen molar-refractivity contribution in [1.82, 2.24) is 10.2 Å². The zero-order valence-electron chi connectivity index (χ0n) is 13.7. The number of fused-ring (bicyclic) bond motifs is 1. The lowest BCUT2D eigenvalue weighted by Gasteiger charge is -2.24. The second-order valence-corrected chi connectivity index (χ2v) is 5.11. The Hall–Kier alpha value is -2.17. The van der Waals surface area contributed by atoms with Crippen molar-refractivity contribution in [2.75, 3.05) is 0 Å². The quantitative estimate of drug-likeness (QED) is 0.850. The highest BCUT2D eigenvalue weighted by Crippen LogP contribution is 2.28. The summed E-state index contributed by atoms with van der Waals surface area (Å²) < 4.78 is 0. The Kier molecular flexibility index (Phi) is 6.76. The maximum absolute atomic E-state index is 12.3. The highest BCUT2D eigenvalue weighted by Gasteiger charge is 2.31. The number of imide groups is 1. The van der Waals surface area contributed by atoms with Gasteiger partial charge in [-0.1, -0.05) is 26.0 Å². The van der Waals surface area contributed by atoms with E-state index in [4.69, 9.17) is 0 Å². The van der Waals surface area contributed by atoms with Gasteiger partial charge in [-0.15, -0.1) is 0 Å². The summed E-state index contributed by atoms with van der Waals surface area (Å²) >= 11 is 0. The monoisotopic (exact) mass is 304 g/mol. The van der Waals surface area contributed by atoms with Gasteiger partial charge in [0.2, 0.25) is 12.3 Å². The number of hydrogen-bond acceptors (Lipinski definition) is 3. The number of benzene rings is 1. The lowest BCUT2D eigenvalue weighted by atomic mass is 10.1. The Bertz CT molecular complexity index is 555. The molecule has 0 bridgehead atoms. The Balaban J connectivity index is 0.00000116. The second-order valence-electron chi connectivity index (χ2n) is 5.11. The van der Waals surface area contributed by atoms with Gasteiger partial charge in [-0.2, -0.15) is 0 Å². The predicted molar refractivity (Wildman–Crippen MR) is 85.3 cm³/mol. The fraction of sp³-hybridized carbons (Fsp3) is 0.471. The van der Waals surface area contributed by atoms with Crippen LogP contribution in [-0.2, 0) is 16.1 Å². The van der Waals surface area contributed by atoms with Gasteiger partial charge in [0.05, 0.1) is 0 Å². The van der Waals surface area contributed by atoms with Crippen molar-refractivity contribution in [2.24, 2.45) is 0 Å². The predicted octanol–water partition coefficient (Wildman–Crippen LogP) is 2.42.